The van der Waals surface area contributed by atoms with Crippen molar-refractivity contribution in [2.24, 2.45) is 5.92 Å². The summed E-state index contributed by atoms with van der Waals surface area (Å²) in [4.78, 5) is 15.4. The molecular formula is C25H35N3O4S. The van der Waals surface area contributed by atoms with E-state index in [0.717, 1.165) is 25.2 Å². The normalized spacial score (nSPS) is 15.9. The highest BCUT2D eigenvalue weighted by molar-refractivity contribution is 7.89. The Balaban J connectivity index is 1.57. The molecule has 0 aliphatic carbocycles. The summed E-state index contributed by atoms with van der Waals surface area (Å²) in [6.45, 7) is 7.24. The summed E-state index contributed by atoms with van der Waals surface area (Å²) in [6.07, 6.45) is 3.86. The summed E-state index contributed by atoms with van der Waals surface area (Å²) in [5.41, 5.74) is 2.24. The Morgan fingerprint density at radius 1 is 0.970 bits per heavy atom. The molecule has 7 nitrogen and oxygen atoms in total. The van der Waals surface area contributed by atoms with Gasteiger partial charge in [0.15, 0.2) is 0 Å². The average Bonchev–Trinajstić information content (AvgIpc) is 2.82. The van der Waals surface area contributed by atoms with Crippen LogP contribution in [-0.2, 0) is 27.9 Å². The minimum Gasteiger partial charge on any atom is -0.497 e. The van der Waals surface area contributed by atoms with E-state index < -0.39 is 16.1 Å². The van der Waals surface area contributed by atoms with E-state index in [4.69, 9.17) is 4.74 Å². The van der Waals surface area contributed by atoms with Gasteiger partial charge in [-0.3, -0.25) is 9.69 Å². The largest absolute Gasteiger partial charge is 0.497 e. The molecule has 0 bridgehead atoms. The number of sulfonamides is 1. The van der Waals surface area contributed by atoms with Gasteiger partial charge in [0, 0.05) is 13.1 Å². The SMILES string of the molecule is COc1ccc(S(=O)(=O)N[C@H](C(=O)NCc2ccc(CN3CCCCC3)cc2)C(C)C)cc1. The van der Waals surface area contributed by atoms with Crippen LogP contribution in [0, 0.1) is 5.92 Å². The summed E-state index contributed by atoms with van der Waals surface area (Å²) < 4.78 is 33.2. The first-order valence-corrected chi connectivity index (χ1v) is 13.0. The highest BCUT2D eigenvalue weighted by atomic mass is 32.2. The van der Waals surface area contributed by atoms with Crippen molar-refractivity contribution in [2.75, 3.05) is 20.2 Å². The minimum absolute atomic E-state index is 0.0889. The molecule has 33 heavy (non-hydrogen) atoms. The molecule has 0 unspecified atom stereocenters. The van der Waals surface area contributed by atoms with Gasteiger partial charge >= 0.3 is 0 Å². The van der Waals surface area contributed by atoms with E-state index in [1.807, 2.05) is 26.0 Å². The van der Waals surface area contributed by atoms with Crippen LogP contribution in [0.5, 0.6) is 5.75 Å². The average molecular weight is 474 g/mol. The van der Waals surface area contributed by atoms with Crippen LogP contribution in [0.2, 0.25) is 0 Å². The van der Waals surface area contributed by atoms with Gasteiger partial charge in [0.05, 0.1) is 12.0 Å². The van der Waals surface area contributed by atoms with Gasteiger partial charge in [-0.25, -0.2) is 8.42 Å². The van der Waals surface area contributed by atoms with Crippen LogP contribution in [-0.4, -0.2) is 45.5 Å². The van der Waals surface area contributed by atoms with Crippen molar-refractivity contribution in [3.8, 4) is 5.75 Å². The third-order valence-corrected chi connectivity index (χ3v) is 7.40. The number of rotatable bonds is 10. The topological polar surface area (TPSA) is 87.7 Å². The second kappa shape index (κ2) is 11.6. The van der Waals surface area contributed by atoms with Crippen LogP contribution in [0.3, 0.4) is 0 Å². The van der Waals surface area contributed by atoms with Crippen molar-refractivity contribution in [1.29, 1.82) is 0 Å². The molecule has 1 aliphatic heterocycles. The Hall–Kier alpha value is -2.42. The maximum Gasteiger partial charge on any atom is 0.241 e. The van der Waals surface area contributed by atoms with Crippen LogP contribution in [0.4, 0.5) is 0 Å². The number of methoxy groups -OCH3 is 1. The second-order valence-electron chi connectivity index (χ2n) is 8.89. The maximum atomic E-state index is 12.8. The van der Waals surface area contributed by atoms with Crippen molar-refractivity contribution in [3.63, 3.8) is 0 Å². The van der Waals surface area contributed by atoms with E-state index in [0.29, 0.717) is 12.3 Å². The molecule has 1 saturated heterocycles. The lowest BCUT2D eigenvalue weighted by molar-refractivity contribution is -0.123. The fourth-order valence-corrected chi connectivity index (χ4v) is 5.26. The predicted octanol–water partition coefficient (Wildman–Crippen LogP) is 3.30. The van der Waals surface area contributed by atoms with E-state index in [-0.39, 0.29) is 16.7 Å². The van der Waals surface area contributed by atoms with Gasteiger partial charge in [0.25, 0.3) is 0 Å². The van der Waals surface area contributed by atoms with Gasteiger partial charge in [-0.05, 0) is 67.2 Å². The van der Waals surface area contributed by atoms with Gasteiger partial charge in [-0.1, -0.05) is 44.5 Å². The Kier molecular flexibility index (Phi) is 8.88. The molecule has 180 valence electrons. The summed E-state index contributed by atoms with van der Waals surface area (Å²) in [5, 5.41) is 2.88. The van der Waals surface area contributed by atoms with Crippen molar-refractivity contribution < 1.29 is 17.9 Å². The number of ether oxygens (including phenoxy) is 1. The number of carbonyl (C=O) groups is 1. The van der Waals surface area contributed by atoms with Crippen molar-refractivity contribution in [2.45, 2.75) is 57.1 Å². The molecule has 0 radical (unpaired) electrons. The van der Waals surface area contributed by atoms with E-state index in [1.165, 1.54) is 44.1 Å². The minimum atomic E-state index is -3.85. The number of hydrogen-bond acceptors (Lipinski definition) is 5. The van der Waals surface area contributed by atoms with Crippen LogP contribution in [0.1, 0.15) is 44.2 Å². The number of benzene rings is 2. The van der Waals surface area contributed by atoms with Gasteiger partial charge in [0.2, 0.25) is 15.9 Å². The van der Waals surface area contributed by atoms with Crippen LogP contribution < -0.4 is 14.8 Å². The van der Waals surface area contributed by atoms with Gasteiger partial charge < -0.3 is 10.1 Å². The van der Waals surface area contributed by atoms with Crippen LogP contribution >= 0.6 is 0 Å². The Labute approximate surface area is 197 Å². The Bertz CT molecular complexity index is 999. The first kappa shape index (κ1) is 25.2. The molecule has 1 heterocycles. The lowest BCUT2D eigenvalue weighted by atomic mass is 10.0. The zero-order chi connectivity index (χ0) is 23.8. The molecule has 0 saturated carbocycles. The molecule has 0 aromatic heterocycles. The molecule has 1 aliphatic rings. The maximum absolute atomic E-state index is 12.8. The fourth-order valence-electron chi connectivity index (χ4n) is 3.92. The molecule has 1 fully saturated rings. The van der Waals surface area contributed by atoms with Gasteiger partial charge in [-0.15, -0.1) is 0 Å². The molecule has 8 heteroatoms. The number of piperidine rings is 1. The summed E-state index contributed by atoms with van der Waals surface area (Å²) >= 11 is 0. The molecule has 1 amide bonds. The van der Waals surface area contributed by atoms with E-state index in [1.54, 1.807) is 12.1 Å². The zero-order valence-corrected chi connectivity index (χ0v) is 20.5. The number of nitrogens with one attached hydrogen (secondary N) is 2. The summed E-state index contributed by atoms with van der Waals surface area (Å²) in [6, 6.07) is 13.4. The Morgan fingerprint density at radius 3 is 2.15 bits per heavy atom. The molecule has 3 rings (SSSR count). The summed E-state index contributed by atoms with van der Waals surface area (Å²) in [5.74, 6) is -0.00142. The van der Waals surface area contributed by atoms with Crippen molar-refractivity contribution >= 4 is 15.9 Å². The lowest BCUT2D eigenvalue weighted by Crippen LogP contribution is -2.49. The van der Waals surface area contributed by atoms with Crippen molar-refractivity contribution in [1.82, 2.24) is 14.9 Å². The standard InChI is InChI=1S/C25H35N3O4S/c1-19(2)24(27-33(30,31)23-13-11-22(32-3)12-14-23)25(29)26-17-20-7-9-21(10-8-20)18-28-15-5-4-6-16-28/h7-14,19,24,27H,4-6,15-18H2,1-3H3,(H,26,29)/t24-/m0/s1. The molecule has 1 atom stereocenters. The number of nitrogens with zero attached hydrogens (tertiary/aromatic N) is 1. The number of carbonyl (C=O) groups excluding carboxylic acids is 1. The van der Waals surface area contributed by atoms with Gasteiger partial charge in [-0.2, -0.15) is 4.72 Å². The summed E-state index contributed by atoms with van der Waals surface area (Å²) in [7, 11) is -2.33. The smallest absolute Gasteiger partial charge is 0.241 e. The monoisotopic (exact) mass is 473 g/mol. The number of amides is 1. The molecular weight excluding hydrogens is 438 g/mol. The quantitative estimate of drug-likeness (QED) is 0.553. The third kappa shape index (κ3) is 7.28. The fraction of sp³-hybridized carbons (Fsp3) is 0.480. The molecule has 0 spiro atoms. The lowest BCUT2D eigenvalue weighted by Gasteiger charge is -2.26. The molecule has 2 N–H and O–H groups in total. The zero-order valence-electron chi connectivity index (χ0n) is 19.7. The van der Waals surface area contributed by atoms with E-state index in [2.05, 4.69) is 27.1 Å². The van der Waals surface area contributed by atoms with E-state index in [9.17, 15) is 13.2 Å². The number of likely N-dealkylation sites (tertiary alicyclic amines) is 1. The third-order valence-electron chi connectivity index (χ3n) is 5.95. The predicted molar refractivity (Wildman–Crippen MR) is 129 cm³/mol. The highest BCUT2D eigenvalue weighted by Crippen LogP contribution is 2.17. The highest BCUT2D eigenvalue weighted by Gasteiger charge is 2.28. The molecule has 2 aromatic carbocycles. The number of hydrogen-bond donors (Lipinski definition) is 2. The molecule has 2 aromatic rings. The van der Waals surface area contributed by atoms with Gasteiger partial charge in [0.1, 0.15) is 11.8 Å². The first-order valence-electron chi connectivity index (χ1n) is 11.5. The second-order valence-corrected chi connectivity index (χ2v) is 10.6. The first-order chi connectivity index (χ1) is 15.8. The Morgan fingerprint density at radius 2 is 1.58 bits per heavy atom. The van der Waals surface area contributed by atoms with Crippen LogP contribution in [0.25, 0.3) is 0 Å². The van der Waals surface area contributed by atoms with Crippen LogP contribution in [0.15, 0.2) is 53.4 Å². The van der Waals surface area contributed by atoms with E-state index >= 15 is 0 Å². The van der Waals surface area contributed by atoms with Crippen molar-refractivity contribution in [3.05, 3.63) is 59.7 Å².